The van der Waals surface area contributed by atoms with E-state index in [1.807, 2.05) is 0 Å². The van der Waals surface area contributed by atoms with Gasteiger partial charge in [-0.3, -0.25) is 9.59 Å². The fourth-order valence-electron chi connectivity index (χ4n) is 1.71. The lowest BCUT2D eigenvalue weighted by molar-refractivity contribution is -0.131. The van der Waals surface area contributed by atoms with Gasteiger partial charge in [0.25, 0.3) is 11.7 Å². The molecule has 2 rings (SSSR count). The molecule has 1 N–H and O–H groups in total. The van der Waals surface area contributed by atoms with Crippen molar-refractivity contribution < 1.29 is 23.9 Å². The van der Waals surface area contributed by atoms with Crippen LogP contribution in [0.2, 0.25) is 0 Å². The van der Waals surface area contributed by atoms with Gasteiger partial charge in [0.1, 0.15) is 5.82 Å². The molecule has 0 saturated heterocycles. The van der Waals surface area contributed by atoms with Crippen molar-refractivity contribution in [1.82, 2.24) is 0 Å². The fourth-order valence-corrected chi connectivity index (χ4v) is 1.71. The topological polar surface area (TPSA) is 74.7 Å². The Morgan fingerprint density at radius 1 is 1.39 bits per heavy atom. The number of fused-ring (bicyclic) bond motifs is 1. The Bertz CT molecular complexity index is 579. The summed E-state index contributed by atoms with van der Waals surface area (Å²) in [5.74, 6) is -3.23. The summed E-state index contributed by atoms with van der Waals surface area (Å²) in [6.07, 6.45) is 2.07. The molecule has 0 saturated carbocycles. The molecule has 6 heteroatoms. The maximum Gasteiger partial charge on any atom is 0.328 e. The third-order valence-corrected chi connectivity index (χ3v) is 2.48. The summed E-state index contributed by atoms with van der Waals surface area (Å²) in [6, 6.07) is 3.42. The number of ketones is 1. The van der Waals surface area contributed by atoms with Crippen molar-refractivity contribution in [2.24, 2.45) is 0 Å². The van der Waals surface area contributed by atoms with Crippen molar-refractivity contribution in [2.45, 2.75) is 0 Å². The van der Waals surface area contributed by atoms with Crippen molar-refractivity contribution >= 4 is 23.3 Å². The highest BCUT2D eigenvalue weighted by Gasteiger charge is 2.35. The molecule has 0 aliphatic carbocycles. The fraction of sp³-hybridized carbons (Fsp3) is 0.0833. The molecular formula is C12H8FNO4. The van der Waals surface area contributed by atoms with Crippen LogP contribution >= 0.6 is 0 Å². The predicted molar refractivity (Wildman–Crippen MR) is 59.9 cm³/mol. The Labute approximate surface area is 101 Å². The largest absolute Gasteiger partial charge is 0.478 e. The van der Waals surface area contributed by atoms with Gasteiger partial charge >= 0.3 is 5.97 Å². The number of halogens is 1. The van der Waals surface area contributed by atoms with Crippen LogP contribution in [0.4, 0.5) is 10.1 Å². The van der Waals surface area contributed by atoms with Gasteiger partial charge in [0, 0.05) is 12.6 Å². The Morgan fingerprint density at radius 2 is 2.11 bits per heavy atom. The minimum absolute atomic E-state index is 0.0900. The number of Topliss-reactive ketones (excluding diaryl/α,β-unsaturated/α-hetero) is 1. The maximum atomic E-state index is 13.1. The summed E-state index contributed by atoms with van der Waals surface area (Å²) >= 11 is 0. The lowest BCUT2D eigenvalue weighted by atomic mass is 10.1. The van der Waals surface area contributed by atoms with Crippen LogP contribution in [-0.2, 0) is 9.59 Å². The highest BCUT2D eigenvalue weighted by Crippen LogP contribution is 2.29. The van der Waals surface area contributed by atoms with Crippen LogP contribution in [0.5, 0.6) is 0 Å². The van der Waals surface area contributed by atoms with Gasteiger partial charge in [-0.25, -0.2) is 9.18 Å². The number of carboxylic acid groups (broad SMARTS) is 1. The van der Waals surface area contributed by atoms with Gasteiger partial charge in [-0.15, -0.1) is 0 Å². The van der Waals surface area contributed by atoms with E-state index in [-0.39, 0.29) is 17.8 Å². The number of carbonyl (C=O) groups excluding carboxylic acids is 2. The summed E-state index contributed by atoms with van der Waals surface area (Å²) in [5.41, 5.74) is 0.296. The van der Waals surface area contributed by atoms with E-state index in [2.05, 4.69) is 0 Å². The number of carbonyl (C=O) groups is 3. The average molecular weight is 249 g/mol. The van der Waals surface area contributed by atoms with Crippen molar-refractivity contribution in [1.29, 1.82) is 0 Å². The van der Waals surface area contributed by atoms with Crippen LogP contribution in [0.15, 0.2) is 30.4 Å². The first-order valence-electron chi connectivity index (χ1n) is 5.06. The minimum atomic E-state index is -1.16. The first-order chi connectivity index (χ1) is 8.50. The average Bonchev–Trinajstić information content (AvgIpc) is 2.53. The summed E-state index contributed by atoms with van der Waals surface area (Å²) < 4.78 is 13.1. The Morgan fingerprint density at radius 3 is 2.78 bits per heavy atom. The smallest absolute Gasteiger partial charge is 0.328 e. The second-order valence-corrected chi connectivity index (χ2v) is 3.65. The van der Waals surface area contributed by atoms with Crippen molar-refractivity contribution in [3.8, 4) is 0 Å². The van der Waals surface area contributed by atoms with Crippen molar-refractivity contribution in [3.63, 3.8) is 0 Å². The quantitative estimate of drug-likeness (QED) is 0.640. The van der Waals surface area contributed by atoms with Crippen LogP contribution in [0, 0.1) is 5.82 Å². The lowest BCUT2D eigenvalue weighted by Crippen LogP contribution is -2.29. The Balaban J connectivity index is 2.33. The zero-order valence-electron chi connectivity index (χ0n) is 9.09. The first kappa shape index (κ1) is 12.0. The second-order valence-electron chi connectivity index (χ2n) is 3.65. The summed E-state index contributed by atoms with van der Waals surface area (Å²) in [6.45, 7) is -0.0900. The number of benzene rings is 1. The number of anilines is 1. The molecule has 1 aromatic rings. The van der Waals surface area contributed by atoms with E-state index in [0.717, 1.165) is 23.1 Å². The molecule has 0 bridgehead atoms. The van der Waals surface area contributed by atoms with Crippen LogP contribution < -0.4 is 4.90 Å². The molecule has 18 heavy (non-hydrogen) atoms. The van der Waals surface area contributed by atoms with E-state index in [1.54, 1.807) is 0 Å². The number of carboxylic acids is 1. The van der Waals surface area contributed by atoms with Gasteiger partial charge in [0.2, 0.25) is 0 Å². The predicted octanol–water partition coefficient (Wildman–Crippen LogP) is 0.996. The molecule has 0 atom stereocenters. The first-order valence-corrected chi connectivity index (χ1v) is 5.06. The molecule has 1 aliphatic rings. The van der Waals surface area contributed by atoms with E-state index >= 15 is 0 Å². The molecule has 1 heterocycles. The number of nitrogens with zero attached hydrogens (tertiary/aromatic N) is 1. The zero-order valence-corrected chi connectivity index (χ0v) is 9.09. The highest BCUT2D eigenvalue weighted by atomic mass is 19.1. The second kappa shape index (κ2) is 4.40. The molecule has 1 amide bonds. The molecule has 0 radical (unpaired) electrons. The number of hydrogen-bond donors (Lipinski definition) is 1. The van der Waals surface area contributed by atoms with Gasteiger partial charge in [-0.1, -0.05) is 6.08 Å². The molecular weight excluding hydrogens is 241 g/mol. The monoisotopic (exact) mass is 249 g/mol. The molecule has 0 fully saturated rings. The third-order valence-electron chi connectivity index (χ3n) is 2.48. The van der Waals surface area contributed by atoms with Crippen molar-refractivity contribution in [2.75, 3.05) is 11.4 Å². The van der Waals surface area contributed by atoms with Crippen LogP contribution in [0.25, 0.3) is 0 Å². The summed E-state index contributed by atoms with van der Waals surface area (Å²) in [7, 11) is 0. The van der Waals surface area contributed by atoms with Gasteiger partial charge in [0.15, 0.2) is 0 Å². The minimum Gasteiger partial charge on any atom is -0.478 e. The molecule has 0 spiro atoms. The Hall–Kier alpha value is -2.50. The van der Waals surface area contributed by atoms with Crippen LogP contribution in [0.3, 0.4) is 0 Å². The van der Waals surface area contributed by atoms with Gasteiger partial charge in [0.05, 0.1) is 11.3 Å². The molecule has 0 unspecified atom stereocenters. The summed E-state index contributed by atoms with van der Waals surface area (Å²) in [4.78, 5) is 34.5. The maximum absolute atomic E-state index is 13.1. The number of hydrogen-bond acceptors (Lipinski definition) is 3. The van der Waals surface area contributed by atoms with E-state index in [4.69, 9.17) is 5.11 Å². The normalized spacial score (nSPS) is 14.4. The van der Waals surface area contributed by atoms with Crippen LogP contribution in [0.1, 0.15) is 10.4 Å². The van der Waals surface area contributed by atoms with Crippen molar-refractivity contribution in [3.05, 3.63) is 41.7 Å². The van der Waals surface area contributed by atoms with E-state index in [0.29, 0.717) is 0 Å². The van der Waals surface area contributed by atoms with Gasteiger partial charge < -0.3 is 10.0 Å². The van der Waals surface area contributed by atoms with Gasteiger partial charge in [-0.2, -0.15) is 0 Å². The van der Waals surface area contributed by atoms with Crippen LogP contribution in [-0.4, -0.2) is 29.3 Å². The van der Waals surface area contributed by atoms with E-state index in [1.165, 1.54) is 12.1 Å². The number of rotatable bonds is 3. The van der Waals surface area contributed by atoms with Gasteiger partial charge in [-0.05, 0) is 18.2 Å². The Kier molecular flexibility index (Phi) is 2.93. The van der Waals surface area contributed by atoms with E-state index < -0.39 is 23.5 Å². The molecule has 0 aromatic heterocycles. The number of aliphatic carboxylic acids is 1. The summed E-state index contributed by atoms with van der Waals surface area (Å²) in [5, 5.41) is 8.43. The lowest BCUT2D eigenvalue weighted by Gasteiger charge is -2.13. The molecule has 92 valence electrons. The zero-order chi connectivity index (χ0) is 13.3. The third kappa shape index (κ3) is 2.00. The molecule has 1 aliphatic heterocycles. The van der Waals surface area contributed by atoms with E-state index in [9.17, 15) is 18.8 Å². The molecule has 5 nitrogen and oxygen atoms in total. The number of amides is 1. The molecule has 1 aromatic carbocycles. The highest BCUT2D eigenvalue weighted by molar-refractivity contribution is 6.52. The SMILES string of the molecule is O=C(O)C=CCN1C(=O)C(=O)c2ccc(F)cc21. The standard InChI is InChI=1S/C12H8FNO4/c13-7-3-4-8-9(6-7)14(12(18)11(8)17)5-1-2-10(15)16/h1-4,6H,5H2,(H,15,16).